The number of fused-ring (bicyclic) bond motifs is 4. The fourth-order valence-corrected chi connectivity index (χ4v) is 7.82. The summed E-state index contributed by atoms with van der Waals surface area (Å²) in [7, 11) is 0. The molecule has 0 amide bonds. The minimum absolute atomic E-state index is 0.648. The molecule has 0 fully saturated rings. The molecule has 0 saturated carbocycles. The summed E-state index contributed by atoms with van der Waals surface area (Å²) in [6, 6.07) is 72.3. The van der Waals surface area contributed by atoms with E-state index in [1.54, 1.807) is 0 Å². The third kappa shape index (κ3) is 6.06. The van der Waals surface area contributed by atoms with E-state index in [1.165, 1.54) is 43.4 Å². The van der Waals surface area contributed by atoms with Crippen LogP contribution in [0.4, 0.5) is 0 Å². The molecule has 0 aliphatic carbocycles. The standard InChI is InChI=1S/C53H33N3/c54-34-35-14-16-37(17-15-35)39-20-24-42(25-21-39)51-33-50(41-22-18-38(19-23-41)36-8-2-1-3-9-36)55-53(56-51)44-28-26-43(27-29-44)52-47-13-7-5-11-45(47)32-49-46-12-6-4-10-40(46)30-31-48(49)52/h1-33H. The van der Waals surface area contributed by atoms with Crippen LogP contribution in [0.3, 0.4) is 0 Å². The number of rotatable bonds is 6. The Labute approximate surface area is 325 Å². The lowest BCUT2D eigenvalue weighted by Crippen LogP contribution is -1.96. The van der Waals surface area contributed by atoms with E-state index in [0.717, 1.165) is 50.3 Å². The molecule has 56 heavy (non-hydrogen) atoms. The molecule has 260 valence electrons. The summed E-state index contributed by atoms with van der Waals surface area (Å²) in [4.78, 5) is 10.4. The Morgan fingerprint density at radius 2 is 0.804 bits per heavy atom. The van der Waals surface area contributed by atoms with Crippen molar-refractivity contribution in [2.75, 3.05) is 0 Å². The fourth-order valence-electron chi connectivity index (χ4n) is 7.82. The molecule has 10 aromatic rings. The Morgan fingerprint density at radius 1 is 0.321 bits per heavy atom. The molecule has 0 aliphatic rings. The van der Waals surface area contributed by atoms with Crippen molar-refractivity contribution in [3.63, 3.8) is 0 Å². The molecule has 1 heterocycles. The predicted octanol–water partition coefficient (Wildman–Crippen LogP) is 13.8. The molecule has 0 aliphatic heterocycles. The van der Waals surface area contributed by atoms with Crippen molar-refractivity contribution >= 4 is 32.3 Å². The Morgan fingerprint density at radius 3 is 1.43 bits per heavy atom. The van der Waals surface area contributed by atoms with E-state index in [2.05, 4.69) is 176 Å². The predicted molar refractivity (Wildman–Crippen MR) is 232 cm³/mol. The summed E-state index contributed by atoms with van der Waals surface area (Å²) in [6.45, 7) is 0. The minimum atomic E-state index is 0.648. The van der Waals surface area contributed by atoms with Gasteiger partial charge in [-0.2, -0.15) is 5.26 Å². The van der Waals surface area contributed by atoms with Crippen LogP contribution in [0.25, 0.3) is 99.6 Å². The molecule has 3 heteroatoms. The van der Waals surface area contributed by atoms with E-state index in [-0.39, 0.29) is 0 Å². The first kappa shape index (κ1) is 32.9. The topological polar surface area (TPSA) is 49.6 Å². The smallest absolute Gasteiger partial charge is 0.160 e. The van der Waals surface area contributed by atoms with Gasteiger partial charge >= 0.3 is 0 Å². The lowest BCUT2D eigenvalue weighted by molar-refractivity contribution is 1.18. The van der Waals surface area contributed by atoms with Gasteiger partial charge in [-0.15, -0.1) is 0 Å². The van der Waals surface area contributed by atoms with Crippen molar-refractivity contribution in [2.24, 2.45) is 0 Å². The van der Waals surface area contributed by atoms with Gasteiger partial charge in [0.1, 0.15) is 0 Å². The number of nitrogens with zero attached hydrogens (tertiary/aromatic N) is 3. The first-order valence-corrected chi connectivity index (χ1v) is 18.8. The van der Waals surface area contributed by atoms with E-state index in [0.29, 0.717) is 11.4 Å². The Balaban J connectivity index is 1.08. The van der Waals surface area contributed by atoms with Crippen LogP contribution in [-0.4, -0.2) is 9.97 Å². The molecule has 0 N–H and O–H groups in total. The lowest BCUT2D eigenvalue weighted by atomic mass is 9.89. The zero-order valence-electron chi connectivity index (χ0n) is 30.4. The van der Waals surface area contributed by atoms with Gasteiger partial charge in [0.05, 0.1) is 23.0 Å². The molecule has 10 rings (SSSR count). The third-order valence-electron chi connectivity index (χ3n) is 10.7. The highest BCUT2D eigenvalue weighted by Gasteiger charge is 2.15. The average Bonchev–Trinajstić information content (AvgIpc) is 3.28. The summed E-state index contributed by atoms with van der Waals surface area (Å²) in [5, 5.41) is 16.7. The van der Waals surface area contributed by atoms with Crippen LogP contribution in [0.15, 0.2) is 200 Å². The molecule has 0 radical (unpaired) electrons. The van der Waals surface area contributed by atoms with Crippen molar-refractivity contribution in [3.05, 3.63) is 206 Å². The molecule has 0 saturated heterocycles. The van der Waals surface area contributed by atoms with Crippen LogP contribution in [0.5, 0.6) is 0 Å². The SMILES string of the molecule is N#Cc1ccc(-c2ccc(-c3cc(-c4ccc(-c5ccccc5)cc4)nc(-c4ccc(-c5c6ccccc6cc6c5ccc5ccccc56)cc4)n3)cc2)cc1. The molecule has 1 aromatic heterocycles. The second-order valence-corrected chi connectivity index (χ2v) is 14.1. The van der Waals surface area contributed by atoms with Gasteiger partial charge in [0.25, 0.3) is 0 Å². The highest BCUT2D eigenvalue weighted by Crippen LogP contribution is 2.40. The Bertz CT molecular complexity index is 3090. The van der Waals surface area contributed by atoms with Gasteiger partial charge in [0.15, 0.2) is 5.82 Å². The summed E-state index contributed by atoms with van der Waals surface area (Å²) in [6.07, 6.45) is 0. The normalized spacial score (nSPS) is 11.2. The highest BCUT2D eigenvalue weighted by molar-refractivity contribution is 6.20. The van der Waals surface area contributed by atoms with E-state index in [9.17, 15) is 5.26 Å². The minimum Gasteiger partial charge on any atom is -0.228 e. The Kier molecular flexibility index (Phi) is 8.21. The number of nitriles is 1. The van der Waals surface area contributed by atoms with Gasteiger partial charge < -0.3 is 0 Å². The first-order valence-electron chi connectivity index (χ1n) is 18.8. The van der Waals surface area contributed by atoms with Gasteiger partial charge in [0.2, 0.25) is 0 Å². The molecule has 0 atom stereocenters. The summed E-state index contributed by atoms with van der Waals surface area (Å²) < 4.78 is 0. The van der Waals surface area contributed by atoms with Gasteiger partial charge in [-0.3, -0.25) is 0 Å². The maximum atomic E-state index is 9.25. The van der Waals surface area contributed by atoms with Crippen LogP contribution in [-0.2, 0) is 0 Å². The zero-order chi connectivity index (χ0) is 37.4. The molecule has 0 spiro atoms. The average molecular weight is 712 g/mol. The van der Waals surface area contributed by atoms with E-state index in [4.69, 9.17) is 9.97 Å². The van der Waals surface area contributed by atoms with Gasteiger partial charge in [0, 0.05) is 16.7 Å². The largest absolute Gasteiger partial charge is 0.228 e. The second-order valence-electron chi connectivity index (χ2n) is 14.1. The van der Waals surface area contributed by atoms with Crippen molar-refractivity contribution in [1.82, 2.24) is 9.97 Å². The van der Waals surface area contributed by atoms with Crippen LogP contribution < -0.4 is 0 Å². The number of hydrogen-bond donors (Lipinski definition) is 0. The number of hydrogen-bond acceptors (Lipinski definition) is 3. The Hall–Kier alpha value is -7.67. The number of aromatic nitrogens is 2. The monoisotopic (exact) mass is 711 g/mol. The third-order valence-corrected chi connectivity index (χ3v) is 10.7. The lowest BCUT2D eigenvalue weighted by Gasteiger charge is -2.15. The van der Waals surface area contributed by atoms with Crippen LogP contribution in [0, 0.1) is 11.3 Å². The van der Waals surface area contributed by atoms with E-state index >= 15 is 0 Å². The summed E-state index contributed by atoms with van der Waals surface area (Å²) >= 11 is 0. The highest BCUT2D eigenvalue weighted by atomic mass is 14.9. The first-order chi connectivity index (χ1) is 27.7. The molecular formula is C53H33N3. The molecule has 9 aromatic carbocycles. The van der Waals surface area contributed by atoms with Crippen molar-refractivity contribution in [2.45, 2.75) is 0 Å². The second kappa shape index (κ2) is 14.0. The fraction of sp³-hybridized carbons (Fsp3) is 0. The van der Waals surface area contributed by atoms with E-state index in [1.807, 2.05) is 30.3 Å². The van der Waals surface area contributed by atoms with Crippen molar-refractivity contribution in [3.8, 4) is 73.4 Å². The summed E-state index contributed by atoms with van der Waals surface area (Å²) in [5.74, 6) is 0.668. The van der Waals surface area contributed by atoms with Crippen LogP contribution in [0.1, 0.15) is 5.56 Å². The van der Waals surface area contributed by atoms with Crippen LogP contribution >= 0.6 is 0 Å². The van der Waals surface area contributed by atoms with Gasteiger partial charge in [-0.1, -0.05) is 176 Å². The number of benzene rings is 9. The van der Waals surface area contributed by atoms with Gasteiger partial charge in [-0.05, 0) is 90.0 Å². The maximum absolute atomic E-state index is 9.25. The molecule has 0 unspecified atom stereocenters. The van der Waals surface area contributed by atoms with Gasteiger partial charge in [-0.25, -0.2) is 9.97 Å². The molecule has 3 nitrogen and oxygen atoms in total. The molecular weight excluding hydrogens is 679 g/mol. The van der Waals surface area contributed by atoms with Crippen molar-refractivity contribution < 1.29 is 0 Å². The van der Waals surface area contributed by atoms with Crippen molar-refractivity contribution in [1.29, 1.82) is 5.26 Å². The van der Waals surface area contributed by atoms with Crippen LogP contribution in [0.2, 0.25) is 0 Å². The zero-order valence-corrected chi connectivity index (χ0v) is 30.4. The van der Waals surface area contributed by atoms with E-state index < -0.39 is 0 Å². The quantitative estimate of drug-likeness (QED) is 0.127. The summed E-state index contributed by atoms with van der Waals surface area (Å²) in [5.41, 5.74) is 12.2. The maximum Gasteiger partial charge on any atom is 0.160 e. The molecule has 0 bridgehead atoms.